The quantitative estimate of drug-likeness (QED) is 0.896. The van der Waals surface area contributed by atoms with E-state index in [1.807, 2.05) is 0 Å². The minimum Gasteiger partial charge on any atom is -0.474 e. The maximum Gasteiger partial charge on any atom is 0.416 e. The minimum atomic E-state index is -4.47. The first-order valence-electron chi connectivity index (χ1n) is 7.06. The molecule has 3 rings (SSSR count). The molecule has 2 aromatic rings. The summed E-state index contributed by atoms with van der Waals surface area (Å²) in [6, 6.07) is 5.43. The van der Waals surface area contributed by atoms with Gasteiger partial charge in [-0.1, -0.05) is 0 Å². The van der Waals surface area contributed by atoms with Crippen molar-refractivity contribution >= 4 is 22.6 Å². The van der Waals surface area contributed by atoms with E-state index in [1.165, 1.54) is 16.6 Å². The summed E-state index contributed by atoms with van der Waals surface area (Å²) in [5, 5.41) is 0. The van der Waals surface area contributed by atoms with E-state index in [2.05, 4.69) is 4.98 Å². The highest BCUT2D eigenvalue weighted by Crippen LogP contribution is 2.34. The number of fused-ring (bicyclic) bond motifs is 1. The van der Waals surface area contributed by atoms with Gasteiger partial charge < -0.3 is 10.5 Å². The number of pyridine rings is 1. The lowest BCUT2D eigenvalue weighted by molar-refractivity contribution is -0.137. The van der Waals surface area contributed by atoms with Crippen LogP contribution in [0.2, 0.25) is 0 Å². The lowest BCUT2D eigenvalue weighted by atomic mass is 10.2. The Bertz CT molecular complexity index is 840. The van der Waals surface area contributed by atoms with E-state index in [1.54, 1.807) is 0 Å². The standard InChI is InChI=1S/C15H12F3N3O3S/c16-15(17,18)10-1-3-11(4-2-10)25(23)21-5-6-24-14-12(21)7-9(8-20-14)13(19)22/h1-4,7-8H,5-6H2,(H2,19,22). The van der Waals surface area contributed by atoms with Crippen molar-refractivity contribution in [2.45, 2.75) is 11.1 Å². The Labute approximate surface area is 143 Å². The van der Waals surface area contributed by atoms with E-state index < -0.39 is 28.6 Å². The van der Waals surface area contributed by atoms with Crippen molar-refractivity contribution < 1.29 is 26.9 Å². The number of carbonyl (C=O) groups is 1. The Kier molecular flexibility index (Phi) is 4.38. The lowest BCUT2D eigenvalue weighted by Crippen LogP contribution is -2.35. The van der Waals surface area contributed by atoms with Gasteiger partial charge in [-0.2, -0.15) is 13.2 Å². The highest BCUT2D eigenvalue weighted by molar-refractivity contribution is 7.86. The number of anilines is 1. The predicted octanol–water partition coefficient (Wildman–Crippen LogP) is 2.12. The molecule has 1 aliphatic heterocycles. The zero-order chi connectivity index (χ0) is 18.2. The Morgan fingerprint density at radius 3 is 2.56 bits per heavy atom. The van der Waals surface area contributed by atoms with Crippen LogP contribution in [0, 0.1) is 0 Å². The molecule has 0 aliphatic carbocycles. The number of hydrogen-bond acceptors (Lipinski definition) is 4. The SMILES string of the molecule is NC(=O)c1cnc2c(c1)N(S(=O)c1ccc(C(F)(F)F)cc1)CCO2. The Morgan fingerprint density at radius 1 is 1.28 bits per heavy atom. The number of primary amides is 1. The number of aromatic nitrogens is 1. The van der Waals surface area contributed by atoms with Crippen LogP contribution in [0.4, 0.5) is 18.9 Å². The molecule has 1 aromatic heterocycles. The van der Waals surface area contributed by atoms with Crippen molar-refractivity contribution in [3.63, 3.8) is 0 Å². The first-order valence-corrected chi connectivity index (χ1v) is 8.17. The van der Waals surface area contributed by atoms with Gasteiger partial charge in [-0.15, -0.1) is 0 Å². The molecular weight excluding hydrogens is 359 g/mol. The van der Waals surface area contributed by atoms with E-state index >= 15 is 0 Å². The van der Waals surface area contributed by atoms with Crippen LogP contribution in [0.15, 0.2) is 41.4 Å². The second-order valence-corrected chi connectivity index (χ2v) is 6.54. The summed E-state index contributed by atoms with van der Waals surface area (Å²) in [4.78, 5) is 15.5. The maximum absolute atomic E-state index is 12.8. The van der Waals surface area contributed by atoms with Crippen molar-refractivity contribution in [3.05, 3.63) is 47.7 Å². The molecule has 0 saturated carbocycles. The molecular formula is C15H12F3N3O3S. The van der Waals surface area contributed by atoms with Crippen molar-refractivity contribution in [1.82, 2.24) is 4.98 Å². The summed E-state index contributed by atoms with van der Waals surface area (Å²) in [6.45, 7) is 0.410. The molecule has 2 heterocycles. The number of amides is 1. The molecule has 25 heavy (non-hydrogen) atoms. The number of halogens is 3. The number of ether oxygens (including phenoxy) is 1. The number of carbonyl (C=O) groups excluding carboxylic acids is 1. The van der Waals surface area contributed by atoms with E-state index in [4.69, 9.17) is 10.5 Å². The molecule has 0 radical (unpaired) electrons. The summed E-state index contributed by atoms with van der Waals surface area (Å²) in [6.07, 6.45) is -3.22. The van der Waals surface area contributed by atoms with Crippen molar-refractivity contribution in [2.75, 3.05) is 17.5 Å². The van der Waals surface area contributed by atoms with Crippen LogP contribution in [-0.4, -0.2) is 28.3 Å². The normalized spacial score (nSPS) is 15.2. The van der Waals surface area contributed by atoms with E-state index in [0.717, 1.165) is 24.3 Å². The summed E-state index contributed by atoms with van der Waals surface area (Å²) >= 11 is 0. The van der Waals surface area contributed by atoms with Crippen LogP contribution in [0.3, 0.4) is 0 Å². The van der Waals surface area contributed by atoms with Crippen LogP contribution in [-0.2, 0) is 17.2 Å². The third-order valence-electron chi connectivity index (χ3n) is 3.50. The smallest absolute Gasteiger partial charge is 0.416 e. The van der Waals surface area contributed by atoms with Gasteiger partial charge in [-0.05, 0) is 30.3 Å². The van der Waals surface area contributed by atoms with Gasteiger partial charge in [0.15, 0.2) is 11.0 Å². The molecule has 10 heteroatoms. The van der Waals surface area contributed by atoms with Crippen molar-refractivity contribution in [1.29, 1.82) is 0 Å². The largest absolute Gasteiger partial charge is 0.474 e. The highest BCUT2D eigenvalue weighted by Gasteiger charge is 2.31. The zero-order valence-electron chi connectivity index (χ0n) is 12.6. The van der Waals surface area contributed by atoms with Gasteiger partial charge in [0.2, 0.25) is 11.8 Å². The minimum absolute atomic E-state index is 0.110. The molecule has 0 saturated heterocycles. The average molecular weight is 371 g/mol. The Morgan fingerprint density at radius 2 is 1.96 bits per heavy atom. The molecule has 0 fully saturated rings. The number of nitrogens with zero attached hydrogens (tertiary/aromatic N) is 2. The van der Waals surface area contributed by atoms with Gasteiger partial charge >= 0.3 is 6.18 Å². The fourth-order valence-electron chi connectivity index (χ4n) is 2.27. The fraction of sp³-hybridized carbons (Fsp3) is 0.200. The van der Waals surface area contributed by atoms with Crippen molar-refractivity contribution in [2.24, 2.45) is 5.73 Å². The lowest BCUT2D eigenvalue weighted by Gasteiger charge is -2.29. The first kappa shape index (κ1) is 17.2. The summed E-state index contributed by atoms with van der Waals surface area (Å²) in [7, 11) is -1.79. The van der Waals surface area contributed by atoms with Crippen LogP contribution in [0.1, 0.15) is 15.9 Å². The second kappa shape index (κ2) is 6.36. The summed E-state index contributed by atoms with van der Waals surface area (Å²) < 4.78 is 57.4. The molecule has 1 amide bonds. The first-order chi connectivity index (χ1) is 11.8. The Balaban J connectivity index is 1.94. The van der Waals surface area contributed by atoms with E-state index in [-0.39, 0.29) is 29.5 Å². The van der Waals surface area contributed by atoms with Crippen LogP contribution < -0.4 is 14.8 Å². The molecule has 0 bridgehead atoms. The van der Waals surface area contributed by atoms with Crippen LogP contribution in [0.25, 0.3) is 0 Å². The van der Waals surface area contributed by atoms with E-state index in [9.17, 15) is 22.2 Å². The summed E-state index contributed by atoms with van der Waals surface area (Å²) in [5.74, 6) is -0.530. The molecule has 1 aromatic carbocycles. The van der Waals surface area contributed by atoms with Gasteiger partial charge in [0, 0.05) is 6.20 Å². The molecule has 0 spiro atoms. The van der Waals surface area contributed by atoms with E-state index in [0.29, 0.717) is 5.69 Å². The van der Waals surface area contributed by atoms with Gasteiger partial charge in [0.25, 0.3) is 0 Å². The molecule has 2 N–H and O–H groups in total. The number of alkyl halides is 3. The zero-order valence-corrected chi connectivity index (χ0v) is 13.4. The number of rotatable bonds is 3. The van der Waals surface area contributed by atoms with Crippen molar-refractivity contribution in [3.8, 4) is 5.88 Å². The third-order valence-corrected chi connectivity index (χ3v) is 4.96. The molecule has 1 unspecified atom stereocenters. The van der Waals surface area contributed by atoms with Crippen LogP contribution >= 0.6 is 0 Å². The maximum atomic E-state index is 12.8. The number of hydrogen-bond donors (Lipinski definition) is 1. The van der Waals surface area contributed by atoms with Gasteiger partial charge in [-0.25, -0.2) is 9.19 Å². The predicted molar refractivity (Wildman–Crippen MR) is 83.4 cm³/mol. The summed E-state index contributed by atoms with van der Waals surface area (Å²) in [5.41, 5.74) is 4.79. The van der Waals surface area contributed by atoms with Gasteiger partial charge in [0.1, 0.15) is 12.3 Å². The number of nitrogens with two attached hydrogens (primary N) is 1. The van der Waals surface area contributed by atoms with Gasteiger partial charge in [-0.3, -0.25) is 9.10 Å². The van der Waals surface area contributed by atoms with Crippen LogP contribution in [0.5, 0.6) is 5.88 Å². The topological polar surface area (TPSA) is 85.5 Å². The molecule has 1 atom stereocenters. The molecule has 6 nitrogen and oxygen atoms in total. The average Bonchev–Trinajstić information content (AvgIpc) is 2.59. The molecule has 132 valence electrons. The molecule has 1 aliphatic rings. The monoisotopic (exact) mass is 371 g/mol. The number of benzene rings is 1. The Hall–Kier alpha value is -2.62. The fourth-order valence-corrected chi connectivity index (χ4v) is 3.44. The van der Waals surface area contributed by atoms with Gasteiger partial charge in [0.05, 0.1) is 22.6 Å². The third kappa shape index (κ3) is 3.43. The highest BCUT2D eigenvalue weighted by atomic mass is 32.2. The second-order valence-electron chi connectivity index (χ2n) is 5.13.